The molecule has 1 atom stereocenters. The van der Waals surface area contributed by atoms with Crippen LogP contribution in [0.1, 0.15) is 19.3 Å². The van der Waals surface area contributed by atoms with Crippen LogP contribution in [0.25, 0.3) is 10.9 Å². The summed E-state index contributed by atoms with van der Waals surface area (Å²) in [5.41, 5.74) is 1.77. The summed E-state index contributed by atoms with van der Waals surface area (Å²) < 4.78 is 38.3. The SMILES string of the molecule is COc1ccc(S(=O)(=O)N2CCC[C@H](C(=O)NCCCNc3ccnc4cc(Cl)ccc34)C2)cc1OC. The van der Waals surface area contributed by atoms with Gasteiger partial charge in [-0.1, -0.05) is 11.6 Å². The molecule has 1 aliphatic heterocycles. The van der Waals surface area contributed by atoms with E-state index in [1.54, 1.807) is 12.3 Å². The van der Waals surface area contributed by atoms with Crippen molar-refractivity contribution in [2.75, 3.05) is 45.7 Å². The lowest BCUT2D eigenvalue weighted by Crippen LogP contribution is -2.45. The van der Waals surface area contributed by atoms with E-state index in [0.29, 0.717) is 55.4 Å². The second-order valence-electron chi connectivity index (χ2n) is 8.81. The highest BCUT2D eigenvalue weighted by atomic mass is 35.5. The Kier molecular flexibility index (Phi) is 8.73. The second-order valence-corrected chi connectivity index (χ2v) is 11.2. The number of sulfonamides is 1. The highest BCUT2D eigenvalue weighted by Crippen LogP contribution is 2.32. The normalized spacial score (nSPS) is 16.4. The van der Waals surface area contributed by atoms with Crippen LogP contribution in [-0.2, 0) is 14.8 Å². The van der Waals surface area contributed by atoms with Crippen LogP contribution in [0.5, 0.6) is 11.5 Å². The molecular formula is C26H31ClN4O5S. The number of amides is 1. The van der Waals surface area contributed by atoms with Crippen molar-refractivity contribution in [3.8, 4) is 11.5 Å². The highest BCUT2D eigenvalue weighted by Gasteiger charge is 2.33. The van der Waals surface area contributed by atoms with Gasteiger partial charge in [-0.25, -0.2) is 8.42 Å². The summed E-state index contributed by atoms with van der Waals surface area (Å²) >= 11 is 6.05. The molecule has 1 aliphatic rings. The number of aromatic nitrogens is 1. The number of hydrogen-bond acceptors (Lipinski definition) is 7. The van der Waals surface area contributed by atoms with Gasteiger partial charge in [0, 0.05) is 54.5 Å². The quantitative estimate of drug-likeness (QED) is 0.371. The monoisotopic (exact) mass is 546 g/mol. The number of fused-ring (bicyclic) bond motifs is 1. The molecule has 1 saturated heterocycles. The summed E-state index contributed by atoms with van der Waals surface area (Å²) in [5.74, 6) is 0.266. The molecule has 2 aromatic carbocycles. The molecule has 0 spiro atoms. The van der Waals surface area contributed by atoms with Crippen molar-refractivity contribution in [3.05, 3.63) is 53.7 Å². The Morgan fingerprint density at radius 1 is 1.11 bits per heavy atom. The number of nitrogens with one attached hydrogen (secondary N) is 2. The molecule has 1 amide bonds. The Hall–Kier alpha value is -3.08. The third-order valence-electron chi connectivity index (χ3n) is 6.42. The molecular weight excluding hydrogens is 516 g/mol. The second kappa shape index (κ2) is 12.0. The van der Waals surface area contributed by atoms with E-state index in [4.69, 9.17) is 21.1 Å². The van der Waals surface area contributed by atoms with Crippen LogP contribution in [0.4, 0.5) is 5.69 Å². The van der Waals surface area contributed by atoms with E-state index in [1.807, 2.05) is 24.3 Å². The van der Waals surface area contributed by atoms with E-state index < -0.39 is 15.9 Å². The first-order valence-corrected chi connectivity index (χ1v) is 13.9. The number of hydrogen-bond donors (Lipinski definition) is 2. The predicted molar refractivity (Wildman–Crippen MR) is 144 cm³/mol. The molecule has 1 aromatic heterocycles. The molecule has 4 rings (SSSR count). The van der Waals surface area contributed by atoms with Gasteiger partial charge in [0.05, 0.1) is 30.5 Å². The lowest BCUT2D eigenvalue weighted by Gasteiger charge is -2.31. The van der Waals surface area contributed by atoms with Gasteiger partial charge in [-0.3, -0.25) is 9.78 Å². The van der Waals surface area contributed by atoms with Gasteiger partial charge in [-0.15, -0.1) is 0 Å². The first-order chi connectivity index (χ1) is 17.8. The average molecular weight is 547 g/mol. The van der Waals surface area contributed by atoms with Crippen molar-refractivity contribution in [3.63, 3.8) is 0 Å². The van der Waals surface area contributed by atoms with Gasteiger partial charge in [0.15, 0.2) is 11.5 Å². The van der Waals surface area contributed by atoms with Gasteiger partial charge in [-0.05, 0) is 55.7 Å². The predicted octanol–water partition coefficient (Wildman–Crippen LogP) is 3.92. The summed E-state index contributed by atoms with van der Waals surface area (Å²) in [5, 5.41) is 7.96. The minimum absolute atomic E-state index is 0.114. The standard InChI is InChI=1S/C26H31ClN4O5S/c1-35-24-9-7-20(16-25(24)36-2)37(33,34)31-14-3-5-18(17-31)26(32)30-12-4-11-28-22-10-13-29-23-15-19(27)6-8-21(22)23/h6-10,13,15-16,18H,3-5,11-12,14,17H2,1-2H3,(H,28,29)(H,30,32)/t18-/m0/s1. The fourth-order valence-electron chi connectivity index (χ4n) is 4.44. The van der Waals surface area contributed by atoms with Crippen molar-refractivity contribution in [2.24, 2.45) is 5.92 Å². The van der Waals surface area contributed by atoms with Gasteiger partial charge in [0.25, 0.3) is 0 Å². The number of piperidine rings is 1. The lowest BCUT2D eigenvalue weighted by atomic mass is 9.99. The number of carbonyl (C=O) groups is 1. The number of ether oxygens (including phenoxy) is 2. The molecule has 3 aromatic rings. The van der Waals surface area contributed by atoms with Crippen molar-refractivity contribution in [1.29, 1.82) is 0 Å². The third-order valence-corrected chi connectivity index (χ3v) is 8.52. The van der Waals surface area contributed by atoms with Crippen LogP contribution in [0.3, 0.4) is 0 Å². The molecule has 0 aliphatic carbocycles. The lowest BCUT2D eigenvalue weighted by molar-refractivity contribution is -0.126. The molecule has 1 fully saturated rings. The average Bonchev–Trinajstić information content (AvgIpc) is 2.92. The Balaban J connectivity index is 1.29. The van der Waals surface area contributed by atoms with E-state index in [0.717, 1.165) is 16.6 Å². The van der Waals surface area contributed by atoms with E-state index >= 15 is 0 Å². The zero-order valence-electron chi connectivity index (χ0n) is 20.9. The van der Waals surface area contributed by atoms with Crippen molar-refractivity contribution < 1.29 is 22.7 Å². The summed E-state index contributed by atoms with van der Waals surface area (Å²) in [6.07, 6.45) is 3.70. The van der Waals surface area contributed by atoms with Gasteiger partial charge >= 0.3 is 0 Å². The minimum atomic E-state index is -3.77. The first kappa shape index (κ1) is 27.0. The van der Waals surface area contributed by atoms with E-state index in [2.05, 4.69) is 15.6 Å². The van der Waals surface area contributed by atoms with Crippen LogP contribution in [0.15, 0.2) is 53.6 Å². The molecule has 9 nitrogen and oxygen atoms in total. The zero-order valence-corrected chi connectivity index (χ0v) is 22.4. The number of nitrogens with zero attached hydrogens (tertiary/aromatic N) is 2. The molecule has 0 unspecified atom stereocenters. The van der Waals surface area contributed by atoms with Crippen LogP contribution in [-0.4, -0.2) is 64.0 Å². The minimum Gasteiger partial charge on any atom is -0.493 e. The maximum Gasteiger partial charge on any atom is 0.243 e. The zero-order chi connectivity index (χ0) is 26.4. The molecule has 2 heterocycles. The van der Waals surface area contributed by atoms with Crippen LogP contribution in [0.2, 0.25) is 5.02 Å². The molecule has 198 valence electrons. The number of benzene rings is 2. The number of anilines is 1. The maximum absolute atomic E-state index is 13.2. The number of pyridine rings is 1. The number of halogens is 1. The Morgan fingerprint density at radius 3 is 2.70 bits per heavy atom. The summed E-state index contributed by atoms with van der Waals surface area (Å²) in [7, 11) is -0.820. The van der Waals surface area contributed by atoms with Crippen molar-refractivity contribution in [2.45, 2.75) is 24.2 Å². The first-order valence-electron chi connectivity index (χ1n) is 12.1. The van der Waals surface area contributed by atoms with Crippen LogP contribution >= 0.6 is 11.6 Å². The number of methoxy groups -OCH3 is 2. The molecule has 11 heteroatoms. The maximum atomic E-state index is 13.2. The molecule has 0 saturated carbocycles. The summed E-state index contributed by atoms with van der Waals surface area (Å²) in [6.45, 7) is 1.66. The van der Waals surface area contributed by atoms with E-state index in [1.165, 1.54) is 30.7 Å². The van der Waals surface area contributed by atoms with Gasteiger partial charge in [0.1, 0.15) is 0 Å². The number of carbonyl (C=O) groups excluding carboxylic acids is 1. The van der Waals surface area contributed by atoms with E-state index in [9.17, 15) is 13.2 Å². The fraction of sp³-hybridized carbons (Fsp3) is 0.385. The number of rotatable bonds is 10. The van der Waals surface area contributed by atoms with E-state index in [-0.39, 0.29) is 17.3 Å². The Morgan fingerprint density at radius 2 is 1.92 bits per heavy atom. The topological polar surface area (TPSA) is 110 Å². The van der Waals surface area contributed by atoms with Crippen LogP contribution < -0.4 is 20.1 Å². The smallest absolute Gasteiger partial charge is 0.243 e. The molecule has 37 heavy (non-hydrogen) atoms. The van der Waals surface area contributed by atoms with Crippen molar-refractivity contribution >= 4 is 44.1 Å². The summed E-state index contributed by atoms with van der Waals surface area (Å²) in [4.78, 5) is 17.3. The third kappa shape index (κ3) is 6.26. The molecule has 2 N–H and O–H groups in total. The van der Waals surface area contributed by atoms with Gasteiger partial charge in [0.2, 0.25) is 15.9 Å². The fourth-order valence-corrected chi connectivity index (χ4v) is 6.15. The Bertz CT molecular complexity index is 1370. The Labute approximate surface area is 222 Å². The molecule has 0 radical (unpaired) electrons. The largest absolute Gasteiger partial charge is 0.493 e. The highest BCUT2D eigenvalue weighted by molar-refractivity contribution is 7.89. The van der Waals surface area contributed by atoms with Gasteiger partial charge < -0.3 is 20.1 Å². The van der Waals surface area contributed by atoms with Crippen LogP contribution in [0, 0.1) is 5.92 Å². The van der Waals surface area contributed by atoms with Gasteiger partial charge in [-0.2, -0.15) is 4.31 Å². The van der Waals surface area contributed by atoms with Crippen molar-refractivity contribution in [1.82, 2.24) is 14.6 Å². The molecule has 0 bridgehead atoms. The summed E-state index contributed by atoms with van der Waals surface area (Å²) in [6, 6.07) is 12.0.